The van der Waals surface area contributed by atoms with Crippen molar-refractivity contribution in [2.24, 2.45) is 0 Å². The Morgan fingerprint density at radius 3 is 2.34 bits per heavy atom. The van der Waals surface area contributed by atoms with Gasteiger partial charge in [0.25, 0.3) is 0 Å². The molecule has 5 nitrogen and oxygen atoms in total. The molecule has 2 N–H and O–H groups in total. The van der Waals surface area contributed by atoms with Crippen molar-refractivity contribution in [2.45, 2.75) is 6.42 Å². The first-order valence-electron chi connectivity index (χ1n) is 8.60. The number of thioether (sulfide) groups is 1. The minimum absolute atomic E-state index is 0.123. The first-order valence-corrected chi connectivity index (χ1v) is 11.4. The van der Waals surface area contributed by atoms with Crippen molar-refractivity contribution in [3.63, 3.8) is 0 Å². The van der Waals surface area contributed by atoms with Crippen molar-refractivity contribution in [2.75, 3.05) is 22.1 Å². The SMILES string of the molecule is O=C(CSCC(=O)Nc1ncc(Cc2ccc(Br)cc2)s1)Nc1ccc(F)cc1. The van der Waals surface area contributed by atoms with Gasteiger partial charge in [-0.3, -0.25) is 9.59 Å². The van der Waals surface area contributed by atoms with E-state index in [0.29, 0.717) is 10.8 Å². The standard InChI is InChI=1S/C20H17BrFN3O2S2/c21-14-3-1-13(2-4-14)9-17-10-23-20(29-17)25-19(27)12-28-11-18(26)24-16-7-5-15(22)6-8-16/h1-8,10H,9,11-12H2,(H,24,26)(H,23,25,27). The molecule has 3 aromatic rings. The topological polar surface area (TPSA) is 71.1 Å². The average molecular weight is 494 g/mol. The van der Waals surface area contributed by atoms with Crippen LogP contribution in [0.5, 0.6) is 0 Å². The van der Waals surface area contributed by atoms with Crippen molar-refractivity contribution >= 4 is 61.7 Å². The fourth-order valence-corrected chi connectivity index (χ4v) is 4.12. The number of halogens is 2. The molecule has 0 saturated carbocycles. The zero-order chi connectivity index (χ0) is 20.6. The van der Waals surface area contributed by atoms with Gasteiger partial charge < -0.3 is 10.6 Å². The first-order chi connectivity index (χ1) is 14.0. The van der Waals surface area contributed by atoms with E-state index in [1.54, 1.807) is 6.20 Å². The highest BCUT2D eigenvalue weighted by molar-refractivity contribution is 9.10. The molecule has 1 aromatic heterocycles. The van der Waals surface area contributed by atoms with Gasteiger partial charge in [-0.05, 0) is 42.0 Å². The summed E-state index contributed by atoms with van der Waals surface area (Å²) in [7, 11) is 0. The van der Waals surface area contributed by atoms with E-state index < -0.39 is 0 Å². The van der Waals surface area contributed by atoms with Gasteiger partial charge in [0.2, 0.25) is 11.8 Å². The number of nitrogens with one attached hydrogen (secondary N) is 2. The summed E-state index contributed by atoms with van der Waals surface area (Å²) < 4.78 is 13.9. The van der Waals surface area contributed by atoms with Gasteiger partial charge in [-0.1, -0.05) is 28.1 Å². The second kappa shape index (κ2) is 10.5. The smallest absolute Gasteiger partial charge is 0.236 e. The zero-order valence-electron chi connectivity index (χ0n) is 15.2. The van der Waals surface area contributed by atoms with Crippen LogP contribution in [-0.2, 0) is 16.0 Å². The number of anilines is 2. The van der Waals surface area contributed by atoms with Crippen molar-refractivity contribution in [3.8, 4) is 0 Å². The number of hydrogen-bond donors (Lipinski definition) is 2. The van der Waals surface area contributed by atoms with E-state index in [0.717, 1.165) is 21.3 Å². The molecule has 0 radical (unpaired) electrons. The average Bonchev–Trinajstić information content (AvgIpc) is 3.12. The molecule has 0 aliphatic heterocycles. The summed E-state index contributed by atoms with van der Waals surface area (Å²) >= 11 is 6.04. The van der Waals surface area contributed by atoms with Gasteiger partial charge in [0, 0.05) is 27.7 Å². The molecule has 3 rings (SSSR count). The third-order valence-electron chi connectivity index (χ3n) is 3.69. The molecule has 150 valence electrons. The molecule has 0 aliphatic carbocycles. The summed E-state index contributed by atoms with van der Waals surface area (Å²) in [5.74, 6) is -0.568. The molecule has 9 heteroatoms. The van der Waals surface area contributed by atoms with E-state index in [4.69, 9.17) is 0 Å². The first kappa shape index (κ1) is 21.5. The lowest BCUT2D eigenvalue weighted by Gasteiger charge is -2.05. The van der Waals surface area contributed by atoms with Crippen LogP contribution in [0, 0.1) is 5.82 Å². The van der Waals surface area contributed by atoms with Crippen molar-refractivity contribution in [1.82, 2.24) is 4.98 Å². The largest absolute Gasteiger partial charge is 0.325 e. The third-order valence-corrected chi connectivity index (χ3v) is 6.06. The van der Waals surface area contributed by atoms with E-state index in [9.17, 15) is 14.0 Å². The molecule has 0 bridgehead atoms. The van der Waals surface area contributed by atoms with E-state index >= 15 is 0 Å². The molecule has 0 spiro atoms. The zero-order valence-corrected chi connectivity index (χ0v) is 18.4. The molecule has 2 aromatic carbocycles. The Hall–Kier alpha value is -2.23. The van der Waals surface area contributed by atoms with Crippen molar-refractivity contribution in [1.29, 1.82) is 0 Å². The maximum Gasteiger partial charge on any atom is 0.236 e. The normalized spacial score (nSPS) is 10.6. The lowest BCUT2D eigenvalue weighted by molar-refractivity contribution is -0.114. The predicted molar refractivity (Wildman–Crippen MR) is 120 cm³/mol. The number of hydrogen-bond acceptors (Lipinski definition) is 5. The molecule has 29 heavy (non-hydrogen) atoms. The maximum atomic E-state index is 12.9. The van der Waals surface area contributed by atoms with Gasteiger partial charge in [0.15, 0.2) is 5.13 Å². The van der Waals surface area contributed by atoms with Crippen LogP contribution >= 0.6 is 39.0 Å². The van der Waals surface area contributed by atoms with E-state index in [1.165, 1.54) is 47.4 Å². The number of carbonyl (C=O) groups excluding carboxylic acids is 2. The van der Waals surface area contributed by atoms with Gasteiger partial charge in [-0.2, -0.15) is 0 Å². The quantitative estimate of drug-likeness (QED) is 0.465. The lowest BCUT2D eigenvalue weighted by Crippen LogP contribution is -2.18. The van der Waals surface area contributed by atoms with Crippen molar-refractivity contribution in [3.05, 3.63) is 75.5 Å². The van der Waals surface area contributed by atoms with E-state index in [2.05, 4.69) is 31.5 Å². The summed E-state index contributed by atoms with van der Waals surface area (Å²) in [6, 6.07) is 13.6. The van der Waals surface area contributed by atoms with Gasteiger partial charge >= 0.3 is 0 Å². The number of nitrogens with zero attached hydrogens (tertiary/aromatic N) is 1. The minimum Gasteiger partial charge on any atom is -0.325 e. The molecule has 2 amide bonds. The molecular weight excluding hydrogens is 477 g/mol. The highest BCUT2D eigenvalue weighted by Gasteiger charge is 2.09. The molecule has 0 atom stereocenters. The number of carbonyl (C=O) groups is 2. The Bertz CT molecular complexity index is 978. The van der Waals surface area contributed by atoms with Crippen LogP contribution in [0.2, 0.25) is 0 Å². The van der Waals surface area contributed by atoms with Crippen LogP contribution in [0.3, 0.4) is 0 Å². The van der Waals surface area contributed by atoms with Crippen LogP contribution in [-0.4, -0.2) is 28.3 Å². The summed E-state index contributed by atoms with van der Waals surface area (Å²) in [4.78, 5) is 29.2. The number of aromatic nitrogens is 1. The van der Waals surface area contributed by atoms with Crippen molar-refractivity contribution < 1.29 is 14.0 Å². The summed E-state index contributed by atoms with van der Waals surface area (Å²) in [5, 5.41) is 5.95. The molecule has 1 heterocycles. The minimum atomic E-state index is -0.365. The van der Waals surface area contributed by atoms with E-state index in [1.807, 2.05) is 24.3 Å². The van der Waals surface area contributed by atoms with Crippen LogP contribution in [0.1, 0.15) is 10.4 Å². The second-order valence-electron chi connectivity index (χ2n) is 6.03. The van der Waals surface area contributed by atoms with Gasteiger partial charge in [-0.15, -0.1) is 23.1 Å². The Kier molecular flexibility index (Phi) is 7.79. The molecular formula is C20H17BrFN3O2S2. The van der Waals surface area contributed by atoms with Crippen LogP contribution in [0.15, 0.2) is 59.2 Å². The Balaban J connectivity index is 1.39. The predicted octanol–water partition coefficient (Wildman–Crippen LogP) is 4.95. The maximum absolute atomic E-state index is 12.9. The monoisotopic (exact) mass is 493 g/mol. The fourth-order valence-electron chi connectivity index (χ4n) is 2.37. The summed E-state index contributed by atoms with van der Waals surface area (Å²) in [6.07, 6.45) is 2.50. The van der Waals surface area contributed by atoms with Gasteiger partial charge in [0.1, 0.15) is 5.82 Å². The third kappa shape index (κ3) is 7.26. The number of thiazole rings is 1. The highest BCUT2D eigenvalue weighted by atomic mass is 79.9. The molecule has 0 fully saturated rings. The number of amides is 2. The Morgan fingerprint density at radius 1 is 1.00 bits per heavy atom. The van der Waals surface area contributed by atoms with Gasteiger partial charge in [-0.25, -0.2) is 9.37 Å². The number of rotatable bonds is 8. The Labute approximate surface area is 184 Å². The summed E-state index contributed by atoms with van der Waals surface area (Å²) in [5.41, 5.74) is 1.68. The molecule has 0 saturated heterocycles. The lowest BCUT2D eigenvalue weighted by atomic mass is 10.1. The van der Waals surface area contributed by atoms with Crippen LogP contribution in [0.25, 0.3) is 0 Å². The number of benzene rings is 2. The Morgan fingerprint density at radius 2 is 1.66 bits per heavy atom. The molecule has 0 unspecified atom stereocenters. The van der Waals surface area contributed by atoms with Gasteiger partial charge in [0.05, 0.1) is 11.5 Å². The van der Waals surface area contributed by atoms with Crippen LogP contribution in [0.4, 0.5) is 15.2 Å². The second-order valence-corrected chi connectivity index (χ2v) is 9.05. The summed E-state index contributed by atoms with van der Waals surface area (Å²) in [6.45, 7) is 0. The van der Waals surface area contributed by atoms with E-state index in [-0.39, 0.29) is 29.1 Å². The highest BCUT2D eigenvalue weighted by Crippen LogP contribution is 2.22. The fraction of sp³-hybridized carbons (Fsp3) is 0.150. The molecule has 0 aliphatic rings. The van der Waals surface area contributed by atoms with Crippen LogP contribution < -0.4 is 10.6 Å².